The van der Waals surface area contributed by atoms with Crippen molar-refractivity contribution in [2.75, 3.05) is 0 Å². The maximum atomic E-state index is 13.1. The molecule has 0 fully saturated rings. The van der Waals surface area contributed by atoms with Gasteiger partial charge in [-0.3, -0.25) is 4.79 Å². The topological polar surface area (TPSA) is 44.9 Å². The number of benzene rings is 2. The molecule has 6 heteroatoms. The van der Waals surface area contributed by atoms with Crippen LogP contribution in [0.5, 0.6) is 0 Å². The number of hydrogen-bond acceptors (Lipinski definition) is 1. The Morgan fingerprint density at radius 1 is 1.12 bits per heavy atom. The van der Waals surface area contributed by atoms with Gasteiger partial charge in [-0.2, -0.15) is 13.2 Å². The Hall–Kier alpha value is -2.76. The van der Waals surface area contributed by atoms with Crippen LogP contribution in [-0.4, -0.2) is 17.1 Å². The third kappa shape index (κ3) is 4.07. The number of carbonyl (C=O) groups is 1. The number of alkyl halides is 3. The molecule has 2 N–H and O–H groups in total. The number of carbonyl (C=O) groups excluding carboxylic acids is 1. The van der Waals surface area contributed by atoms with E-state index in [0.29, 0.717) is 16.5 Å². The molecule has 2 aromatic carbocycles. The summed E-state index contributed by atoms with van der Waals surface area (Å²) in [5, 5.41) is 3.23. The first-order valence-electron chi connectivity index (χ1n) is 8.25. The highest BCUT2D eigenvalue weighted by molar-refractivity contribution is 5.95. The van der Waals surface area contributed by atoms with Crippen molar-refractivity contribution in [1.82, 2.24) is 10.3 Å². The highest BCUT2D eigenvalue weighted by Gasteiger charge is 2.34. The number of nitrogens with one attached hydrogen (secondary N) is 2. The van der Waals surface area contributed by atoms with Gasteiger partial charge in [0, 0.05) is 28.2 Å². The monoisotopic (exact) mass is 360 g/mol. The molecule has 0 spiro atoms. The van der Waals surface area contributed by atoms with E-state index < -0.39 is 24.5 Å². The first-order valence-corrected chi connectivity index (χ1v) is 8.25. The summed E-state index contributed by atoms with van der Waals surface area (Å²) < 4.78 is 39.4. The quantitative estimate of drug-likeness (QED) is 0.659. The van der Waals surface area contributed by atoms with Crippen molar-refractivity contribution in [3.05, 3.63) is 70.9 Å². The van der Waals surface area contributed by atoms with E-state index in [1.807, 2.05) is 19.9 Å². The average Bonchev–Trinajstić information content (AvgIpc) is 2.96. The van der Waals surface area contributed by atoms with Gasteiger partial charge >= 0.3 is 6.18 Å². The van der Waals surface area contributed by atoms with Crippen LogP contribution in [0.4, 0.5) is 13.2 Å². The van der Waals surface area contributed by atoms with Crippen molar-refractivity contribution < 1.29 is 18.0 Å². The molecule has 3 nitrogen and oxygen atoms in total. The summed E-state index contributed by atoms with van der Waals surface area (Å²) in [6.07, 6.45) is -4.01. The van der Waals surface area contributed by atoms with Crippen molar-refractivity contribution in [2.24, 2.45) is 0 Å². The van der Waals surface area contributed by atoms with Gasteiger partial charge in [0.05, 0.1) is 12.5 Å². The lowest BCUT2D eigenvalue weighted by molar-refractivity contribution is -0.139. The third-order valence-corrected chi connectivity index (χ3v) is 4.22. The lowest BCUT2D eigenvalue weighted by Gasteiger charge is -2.20. The van der Waals surface area contributed by atoms with E-state index in [0.717, 1.165) is 16.6 Å². The Bertz CT molecular complexity index is 923. The molecule has 1 heterocycles. The van der Waals surface area contributed by atoms with Gasteiger partial charge in [0.1, 0.15) is 0 Å². The molecule has 136 valence electrons. The SMILES string of the molecule is Cc1cc(C)cc(C(=O)N[C@H](CC(F)(F)F)c2c[nH]c3ccccc23)c1. The summed E-state index contributed by atoms with van der Waals surface area (Å²) in [4.78, 5) is 15.6. The fraction of sp³-hybridized carbons (Fsp3) is 0.250. The van der Waals surface area contributed by atoms with Gasteiger partial charge in [-0.25, -0.2) is 0 Å². The highest BCUT2D eigenvalue weighted by Crippen LogP contribution is 2.33. The molecule has 0 bridgehead atoms. The van der Waals surface area contributed by atoms with E-state index in [2.05, 4.69) is 10.3 Å². The van der Waals surface area contributed by atoms with Crippen LogP contribution in [0.3, 0.4) is 0 Å². The van der Waals surface area contributed by atoms with Gasteiger partial charge in [-0.1, -0.05) is 35.4 Å². The fourth-order valence-corrected chi connectivity index (χ4v) is 3.20. The zero-order chi connectivity index (χ0) is 18.9. The molecule has 1 amide bonds. The highest BCUT2D eigenvalue weighted by atomic mass is 19.4. The third-order valence-electron chi connectivity index (χ3n) is 4.22. The van der Waals surface area contributed by atoms with E-state index >= 15 is 0 Å². The van der Waals surface area contributed by atoms with Crippen molar-refractivity contribution in [3.8, 4) is 0 Å². The Labute approximate surface area is 149 Å². The number of rotatable bonds is 4. The number of halogens is 3. The molecule has 0 aliphatic heterocycles. The van der Waals surface area contributed by atoms with Crippen LogP contribution in [0.15, 0.2) is 48.7 Å². The minimum atomic E-state index is -4.40. The summed E-state index contributed by atoms with van der Waals surface area (Å²) in [6.45, 7) is 3.69. The average molecular weight is 360 g/mol. The van der Waals surface area contributed by atoms with Crippen molar-refractivity contribution in [2.45, 2.75) is 32.5 Å². The van der Waals surface area contributed by atoms with Gasteiger partial charge < -0.3 is 10.3 Å². The number of fused-ring (bicyclic) bond motifs is 1. The molecule has 1 atom stereocenters. The standard InChI is InChI=1S/C20H19F3N2O/c1-12-7-13(2)9-14(8-12)19(26)25-18(10-20(21,22)23)16-11-24-17-6-4-3-5-15(16)17/h3-9,11,18,24H,10H2,1-2H3,(H,25,26)/t18-/m1/s1. The number of amides is 1. The first-order chi connectivity index (χ1) is 12.2. The lowest BCUT2D eigenvalue weighted by Crippen LogP contribution is -2.32. The van der Waals surface area contributed by atoms with Crippen LogP contribution in [0, 0.1) is 13.8 Å². The first kappa shape index (κ1) is 18.0. The second-order valence-electron chi connectivity index (χ2n) is 6.51. The van der Waals surface area contributed by atoms with E-state index in [9.17, 15) is 18.0 Å². The van der Waals surface area contributed by atoms with E-state index in [1.54, 1.807) is 36.4 Å². The molecule has 0 unspecified atom stereocenters. The van der Waals surface area contributed by atoms with Gasteiger partial charge in [0.15, 0.2) is 0 Å². The number of aromatic amines is 1. The molecule has 0 radical (unpaired) electrons. The van der Waals surface area contributed by atoms with Crippen LogP contribution in [0.1, 0.15) is 39.5 Å². The zero-order valence-electron chi connectivity index (χ0n) is 14.4. The minimum Gasteiger partial charge on any atom is -0.361 e. The Morgan fingerprint density at radius 2 is 1.77 bits per heavy atom. The second-order valence-corrected chi connectivity index (χ2v) is 6.51. The molecule has 0 saturated heterocycles. The van der Waals surface area contributed by atoms with Crippen molar-refractivity contribution in [3.63, 3.8) is 0 Å². The van der Waals surface area contributed by atoms with E-state index in [-0.39, 0.29) is 0 Å². The maximum Gasteiger partial charge on any atom is 0.391 e. The Morgan fingerprint density at radius 3 is 2.42 bits per heavy atom. The number of para-hydroxylation sites is 1. The normalized spacial score (nSPS) is 13.0. The molecule has 3 rings (SSSR count). The van der Waals surface area contributed by atoms with Crippen molar-refractivity contribution >= 4 is 16.8 Å². The van der Waals surface area contributed by atoms with Gasteiger partial charge in [0.25, 0.3) is 5.91 Å². The van der Waals surface area contributed by atoms with E-state index in [4.69, 9.17) is 0 Å². The fourth-order valence-electron chi connectivity index (χ4n) is 3.20. The van der Waals surface area contributed by atoms with Crippen LogP contribution in [0.25, 0.3) is 10.9 Å². The largest absolute Gasteiger partial charge is 0.391 e. The second kappa shape index (κ2) is 6.86. The van der Waals surface area contributed by atoms with Gasteiger partial charge in [0.2, 0.25) is 0 Å². The molecule has 0 aliphatic rings. The van der Waals surface area contributed by atoms with Gasteiger partial charge in [-0.05, 0) is 32.0 Å². The lowest BCUT2D eigenvalue weighted by atomic mass is 10.0. The summed E-state index contributed by atoms with van der Waals surface area (Å²) in [7, 11) is 0. The van der Waals surface area contributed by atoms with Crippen LogP contribution < -0.4 is 5.32 Å². The summed E-state index contributed by atoms with van der Waals surface area (Å²) in [5.41, 5.74) is 3.28. The predicted molar refractivity (Wildman–Crippen MR) is 95.1 cm³/mol. The zero-order valence-corrected chi connectivity index (χ0v) is 14.4. The molecular formula is C20H19F3N2O. The van der Waals surface area contributed by atoms with Crippen LogP contribution in [-0.2, 0) is 0 Å². The smallest absolute Gasteiger partial charge is 0.361 e. The van der Waals surface area contributed by atoms with Crippen LogP contribution in [0.2, 0.25) is 0 Å². The van der Waals surface area contributed by atoms with Gasteiger partial charge in [-0.15, -0.1) is 0 Å². The van der Waals surface area contributed by atoms with E-state index in [1.165, 1.54) is 6.20 Å². The Balaban J connectivity index is 1.95. The molecule has 26 heavy (non-hydrogen) atoms. The molecule has 3 aromatic rings. The molecular weight excluding hydrogens is 341 g/mol. The number of hydrogen-bond donors (Lipinski definition) is 2. The van der Waals surface area contributed by atoms with Crippen LogP contribution >= 0.6 is 0 Å². The summed E-state index contributed by atoms with van der Waals surface area (Å²) in [5.74, 6) is -0.517. The molecule has 1 aromatic heterocycles. The molecule has 0 aliphatic carbocycles. The maximum absolute atomic E-state index is 13.1. The minimum absolute atomic E-state index is 0.356. The summed E-state index contributed by atoms with van der Waals surface area (Å²) in [6, 6.07) is 11.2. The molecule has 0 saturated carbocycles. The number of aryl methyl sites for hydroxylation is 2. The number of H-pyrrole nitrogens is 1. The summed E-state index contributed by atoms with van der Waals surface area (Å²) >= 11 is 0. The van der Waals surface area contributed by atoms with Crippen molar-refractivity contribution in [1.29, 1.82) is 0 Å². The number of aromatic nitrogens is 1. The predicted octanol–water partition coefficient (Wildman–Crippen LogP) is 5.21. The Kier molecular flexibility index (Phi) is 4.76.